The Balaban J connectivity index is 1.64. The van der Waals surface area contributed by atoms with Crippen molar-refractivity contribution >= 4 is 11.6 Å². The number of nitrogens with one attached hydrogen (secondary N) is 2. The third-order valence-corrected chi connectivity index (χ3v) is 4.39. The van der Waals surface area contributed by atoms with Crippen LogP contribution in [0.5, 0.6) is 0 Å². The predicted molar refractivity (Wildman–Crippen MR) is 96.2 cm³/mol. The molecule has 0 radical (unpaired) electrons. The molecule has 0 aromatic heterocycles. The number of rotatable bonds is 5. The molecule has 24 heavy (non-hydrogen) atoms. The van der Waals surface area contributed by atoms with Gasteiger partial charge in [-0.25, -0.2) is 0 Å². The SMILES string of the molecule is C[C@H](NC1CCOCC1)c1cccc(NC(=O)c2ccccc2)c1. The lowest BCUT2D eigenvalue weighted by Crippen LogP contribution is -2.36. The maximum atomic E-state index is 12.3. The molecular weight excluding hydrogens is 300 g/mol. The van der Waals surface area contributed by atoms with Gasteiger partial charge in [0, 0.05) is 36.5 Å². The normalized spacial score (nSPS) is 16.5. The van der Waals surface area contributed by atoms with Crippen molar-refractivity contribution < 1.29 is 9.53 Å². The minimum atomic E-state index is -0.0854. The third kappa shape index (κ3) is 4.43. The van der Waals surface area contributed by atoms with Crippen molar-refractivity contribution in [3.05, 3.63) is 65.7 Å². The van der Waals surface area contributed by atoms with Crippen molar-refractivity contribution in [1.82, 2.24) is 5.32 Å². The van der Waals surface area contributed by atoms with E-state index in [0.717, 1.165) is 31.7 Å². The molecule has 1 atom stereocenters. The van der Waals surface area contributed by atoms with Crippen LogP contribution in [0.25, 0.3) is 0 Å². The minimum absolute atomic E-state index is 0.0854. The van der Waals surface area contributed by atoms with Crippen LogP contribution >= 0.6 is 0 Å². The van der Waals surface area contributed by atoms with Crippen molar-refractivity contribution in [3.8, 4) is 0 Å². The highest BCUT2D eigenvalue weighted by atomic mass is 16.5. The van der Waals surface area contributed by atoms with Gasteiger partial charge in [-0.3, -0.25) is 4.79 Å². The number of benzene rings is 2. The molecule has 1 saturated heterocycles. The monoisotopic (exact) mass is 324 g/mol. The summed E-state index contributed by atoms with van der Waals surface area (Å²) >= 11 is 0. The second-order valence-corrected chi connectivity index (χ2v) is 6.22. The van der Waals surface area contributed by atoms with E-state index in [1.807, 2.05) is 48.5 Å². The van der Waals surface area contributed by atoms with Crippen LogP contribution in [0.3, 0.4) is 0 Å². The molecule has 2 aromatic rings. The molecular formula is C20H24N2O2. The highest BCUT2D eigenvalue weighted by Gasteiger charge is 2.17. The molecule has 0 bridgehead atoms. The number of carbonyl (C=O) groups excluding carboxylic acids is 1. The van der Waals surface area contributed by atoms with E-state index in [1.54, 1.807) is 0 Å². The summed E-state index contributed by atoms with van der Waals surface area (Å²) in [6.07, 6.45) is 2.10. The van der Waals surface area contributed by atoms with Crippen molar-refractivity contribution in [3.63, 3.8) is 0 Å². The maximum Gasteiger partial charge on any atom is 0.255 e. The van der Waals surface area contributed by atoms with Crippen LogP contribution in [0.1, 0.15) is 41.7 Å². The summed E-state index contributed by atoms with van der Waals surface area (Å²) in [5.74, 6) is -0.0854. The van der Waals surface area contributed by atoms with E-state index in [1.165, 1.54) is 5.56 Å². The van der Waals surface area contributed by atoms with Crippen LogP contribution < -0.4 is 10.6 Å². The number of hydrogen-bond acceptors (Lipinski definition) is 3. The van der Waals surface area contributed by atoms with Gasteiger partial charge >= 0.3 is 0 Å². The van der Waals surface area contributed by atoms with Gasteiger partial charge in [-0.15, -0.1) is 0 Å². The predicted octanol–water partition coefficient (Wildman–Crippen LogP) is 3.77. The maximum absolute atomic E-state index is 12.3. The van der Waals surface area contributed by atoms with E-state index in [2.05, 4.69) is 23.6 Å². The number of hydrogen-bond donors (Lipinski definition) is 2. The van der Waals surface area contributed by atoms with Gasteiger partial charge in [-0.1, -0.05) is 30.3 Å². The second kappa shape index (κ2) is 8.08. The summed E-state index contributed by atoms with van der Waals surface area (Å²) in [5, 5.41) is 6.63. The van der Waals surface area contributed by atoms with Crippen LogP contribution in [-0.4, -0.2) is 25.2 Å². The van der Waals surface area contributed by atoms with Crippen molar-refractivity contribution in [2.24, 2.45) is 0 Å². The van der Waals surface area contributed by atoms with E-state index in [9.17, 15) is 4.79 Å². The molecule has 1 heterocycles. The standard InChI is InChI=1S/C20H24N2O2/c1-15(21-18-10-12-24-13-11-18)17-8-5-9-19(14-17)22-20(23)16-6-3-2-4-7-16/h2-9,14-15,18,21H,10-13H2,1H3,(H,22,23)/t15-/m0/s1. The van der Waals surface area contributed by atoms with Crippen molar-refractivity contribution in [2.45, 2.75) is 31.8 Å². The molecule has 126 valence electrons. The summed E-state index contributed by atoms with van der Waals surface area (Å²) < 4.78 is 5.40. The summed E-state index contributed by atoms with van der Waals surface area (Å²) in [6.45, 7) is 3.82. The second-order valence-electron chi connectivity index (χ2n) is 6.22. The largest absolute Gasteiger partial charge is 0.381 e. The Morgan fingerprint density at radius 3 is 2.58 bits per heavy atom. The zero-order valence-electron chi connectivity index (χ0n) is 14.0. The van der Waals surface area contributed by atoms with Crippen LogP contribution in [0, 0.1) is 0 Å². The van der Waals surface area contributed by atoms with E-state index < -0.39 is 0 Å². The molecule has 1 fully saturated rings. The Labute approximate surface area is 143 Å². The molecule has 4 nitrogen and oxygen atoms in total. The van der Waals surface area contributed by atoms with Gasteiger partial charge in [0.25, 0.3) is 5.91 Å². The molecule has 1 amide bonds. The zero-order chi connectivity index (χ0) is 16.8. The molecule has 1 aliphatic rings. The average Bonchev–Trinajstić information content (AvgIpc) is 2.63. The lowest BCUT2D eigenvalue weighted by atomic mass is 10.0. The Hall–Kier alpha value is -2.17. The van der Waals surface area contributed by atoms with E-state index in [4.69, 9.17) is 4.74 Å². The number of anilines is 1. The zero-order valence-corrected chi connectivity index (χ0v) is 14.0. The number of amides is 1. The lowest BCUT2D eigenvalue weighted by molar-refractivity contribution is 0.0754. The first kappa shape index (κ1) is 16.7. The van der Waals surface area contributed by atoms with E-state index in [0.29, 0.717) is 11.6 Å². The molecule has 2 N–H and O–H groups in total. The quantitative estimate of drug-likeness (QED) is 0.880. The number of ether oxygens (including phenoxy) is 1. The fraction of sp³-hybridized carbons (Fsp3) is 0.350. The van der Waals surface area contributed by atoms with Crippen LogP contribution in [0.15, 0.2) is 54.6 Å². The van der Waals surface area contributed by atoms with Gasteiger partial charge in [0.05, 0.1) is 0 Å². The molecule has 0 aliphatic carbocycles. The lowest BCUT2D eigenvalue weighted by Gasteiger charge is -2.27. The average molecular weight is 324 g/mol. The summed E-state index contributed by atoms with van der Waals surface area (Å²) in [7, 11) is 0. The fourth-order valence-corrected chi connectivity index (χ4v) is 2.99. The topological polar surface area (TPSA) is 50.4 Å². The van der Waals surface area contributed by atoms with Gasteiger partial charge in [0.1, 0.15) is 0 Å². The first-order valence-corrected chi connectivity index (χ1v) is 8.52. The van der Waals surface area contributed by atoms with Crippen LogP contribution in [0.2, 0.25) is 0 Å². The van der Waals surface area contributed by atoms with Gasteiger partial charge in [0.15, 0.2) is 0 Å². The smallest absolute Gasteiger partial charge is 0.255 e. The Bertz CT molecular complexity index is 666. The third-order valence-electron chi connectivity index (χ3n) is 4.39. The van der Waals surface area contributed by atoms with Crippen molar-refractivity contribution in [1.29, 1.82) is 0 Å². The van der Waals surface area contributed by atoms with E-state index in [-0.39, 0.29) is 11.9 Å². The van der Waals surface area contributed by atoms with Gasteiger partial charge in [0.2, 0.25) is 0 Å². The highest BCUT2D eigenvalue weighted by Crippen LogP contribution is 2.20. The summed E-state index contributed by atoms with van der Waals surface area (Å²) in [6, 6.07) is 18.0. The molecule has 2 aromatic carbocycles. The molecule has 1 aliphatic heterocycles. The first-order valence-electron chi connectivity index (χ1n) is 8.52. The fourth-order valence-electron chi connectivity index (χ4n) is 2.99. The van der Waals surface area contributed by atoms with Gasteiger partial charge < -0.3 is 15.4 Å². The Morgan fingerprint density at radius 2 is 1.83 bits per heavy atom. The van der Waals surface area contributed by atoms with Crippen LogP contribution in [-0.2, 0) is 4.74 Å². The summed E-state index contributed by atoms with van der Waals surface area (Å²) in [5.41, 5.74) is 2.66. The molecule has 0 unspecified atom stereocenters. The molecule has 0 saturated carbocycles. The molecule has 4 heteroatoms. The first-order chi connectivity index (χ1) is 11.7. The number of carbonyl (C=O) groups is 1. The van der Waals surface area contributed by atoms with Crippen molar-refractivity contribution in [2.75, 3.05) is 18.5 Å². The molecule has 0 spiro atoms. The highest BCUT2D eigenvalue weighted by molar-refractivity contribution is 6.04. The minimum Gasteiger partial charge on any atom is -0.381 e. The van der Waals surface area contributed by atoms with Crippen LogP contribution in [0.4, 0.5) is 5.69 Å². The Kier molecular flexibility index (Phi) is 5.62. The summed E-state index contributed by atoms with van der Waals surface area (Å²) in [4.78, 5) is 12.3. The molecule has 3 rings (SSSR count). The van der Waals surface area contributed by atoms with E-state index >= 15 is 0 Å². The van der Waals surface area contributed by atoms with Gasteiger partial charge in [-0.2, -0.15) is 0 Å². The Morgan fingerprint density at radius 1 is 1.08 bits per heavy atom. The van der Waals surface area contributed by atoms with Gasteiger partial charge in [-0.05, 0) is 49.6 Å².